The highest BCUT2D eigenvalue weighted by atomic mass is 35.5. The number of likely N-dealkylation sites (tertiary alicyclic amines) is 1. The quantitative estimate of drug-likeness (QED) is 0.0847. The number of amides is 4. The van der Waals surface area contributed by atoms with Crippen molar-refractivity contribution in [2.75, 3.05) is 111 Å². The fraction of sp³-hybridized carbons (Fsp3) is 0.509. The molecule has 1 atom stereocenters. The highest BCUT2D eigenvalue weighted by Crippen LogP contribution is 2.30. The highest BCUT2D eigenvalue weighted by molar-refractivity contribution is 6.30. The van der Waals surface area contributed by atoms with Crippen molar-refractivity contribution < 1.29 is 33.4 Å². The number of benzene rings is 2. The minimum Gasteiger partial charge on any atom is -0.492 e. The third-order valence-corrected chi connectivity index (χ3v) is 15.2. The molecule has 3 saturated heterocycles. The summed E-state index contributed by atoms with van der Waals surface area (Å²) in [7, 11) is 4.02. The van der Waals surface area contributed by atoms with E-state index in [1.807, 2.05) is 85.5 Å². The number of H-pyrrole nitrogens is 1. The van der Waals surface area contributed by atoms with Crippen LogP contribution >= 0.6 is 11.6 Å². The average Bonchev–Trinajstić information content (AvgIpc) is 4.14. The number of hydrogen-bond acceptors (Lipinski definition) is 15. The largest absolute Gasteiger partial charge is 0.492 e. The molecule has 0 aliphatic carbocycles. The number of nitrogens with zero attached hydrogens (tertiary/aromatic N) is 11. The van der Waals surface area contributed by atoms with Gasteiger partial charge in [-0.3, -0.25) is 24.2 Å². The molecule has 4 amide bonds. The van der Waals surface area contributed by atoms with Crippen LogP contribution in [-0.4, -0.2) is 201 Å². The molecule has 2 aromatic carbocycles. The highest BCUT2D eigenvalue weighted by Gasteiger charge is 2.40. The first-order valence-electron chi connectivity index (χ1n) is 27.4. The third-order valence-electron chi connectivity index (χ3n) is 15.0. The van der Waals surface area contributed by atoms with Gasteiger partial charge < -0.3 is 54.4 Å². The molecular weight excluding hydrogens is 1030 g/mol. The maximum Gasteiger partial charge on any atom is 0.410 e. The zero-order valence-electron chi connectivity index (χ0n) is 46.1. The number of piperazine rings is 1. The van der Waals surface area contributed by atoms with E-state index in [0.29, 0.717) is 126 Å². The Morgan fingerprint density at radius 3 is 2.35 bits per heavy atom. The zero-order valence-corrected chi connectivity index (χ0v) is 46.9. The number of anilines is 1. The Labute approximate surface area is 466 Å². The van der Waals surface area contributed by atoms with Crippen molar-refractivity contribution >= 4 is 63.4 Å². The number of piperidine rings is 2. The Kier molecular flexibility index (Phi) is 18.3. The number of halogens is 1. The minimum atomic E-state index is -1.06. The lowest BCUT2D eigenvalue weighted by molar-refractivity contribution is -0.134. The molecule has 22 heteroatoms. The molecule has 3 aliphatic rings. The average molecular weight is 1100 g/mol. The van der Waals surface area contributed by atoms with Crippen LogP contribution in [0.5, 0.6) is 5.75 Å². The van der Waals surface area contributed by atoms with Gasteiger partial charge in [0.15, 0.2) is 5.65 Å². The lowest BCUT2D eigenvalue weighted by atomic mass is 9.87. The summed E-state index contributed by atoms with van der Waals surface area (Å²) in [6.45, 7) is 12.4. The summed E-state index contributed by atoms with van der Waals surface area (Å²) in [5.74, 6) is 1.09. The van der Waals surface area contributed by atoms with E-state index in [0.717, 1.165) is 40.3 Å². The standard InChI is InChI=1S/C57H75ClN14O7/c1-56(2,3)79-55(76)71(33-35-77-43-17-24-70(25-18-43)53(74)47-15-14-46-52(64-47)72(39-63-46)36-41-8-6-7-9-48(41)78-34-32-66(4)5)37-49(73)68-30-28-67(29-31-68)23-19-45(40-10-12-42(58)13-11-40)65-54(75)57(59)20-26-69(27-21-57)51-44-16-22-60-50(44)61-38-62-51/h6-16,22,38-39,43,45H,17-21,23-37,59H2,1-5H3,(H,65,75)(H,60,61,62)/t45-/m0/s1. The van der Waals surface area contributed by atoms with Gasteiger partial charge >= 0.3 is 6.09 Å². The monoisotopic (exact) mass is 1100 g/mol. The number of imidazole rings is 1. The van der Waals surface area contributed by atoms with Crippen molar-refractivity contribution in [1.29, 1.82) is 0 Å². The van der Waals surface area contributed by atoms with Gasteiger partial charge in [0, 0.05) is 88.8 Å². The molecule has 422 valence electrons. The van der Waals surface area contributed by atoms with Crippen molar-refractivity contribution in [3.05, 3.63) is 107 Å². The predicted molar refractivity (Wildman–Crippen MR) is 302 cm³/mol. The predicted octanol–water partition coefficient (Wildman–Crippen LogP) is 5.59. The summed E-state index contributed by atoms with van der Waals surface area (Å²) in [5, 5.41) is 4.83. The van der Waals surface area contributed by atoms with E-state index in [1.165, 1.54) is 4.90 Å². The van der Waals surface area contributed by atoms with Gasteiger partial charge in [0.25, 0.3) is 5.91 Å². The summed E-state index contributed by atoms with van der Waals surface area (Å²) in [4.78, 5) is 88.2. The van der Waals surface area contributed by atoms with Gasteiger partial charge in [-0.2, -0.15) is 0 Å². The molecule has 0 saturated carbocycles. The first kappa shape index (κ1) is 56.8. The summed E-state index contributed by atoms with van der Waals surface area (Å²) in [6.07, 6.45) is 7.14. The molecule has 21 nitrogen and oxygen atoms in total. The second-order valence-corrected chi connectivity index (χ2v) is 22.5. The van der Waals surface area contributed by atoms with E-state index in [1.54, 1.807) is 49.3 Å². The van der Waals surface area contributed by atoms with Crippen LogP contribution in [0.4, 0.5) is 10.6 Å². The van der Waals surface area contributed by atoms with Gasteiger partial charge in [-0.05, 0) is 109 Å². The number of rotatable bonds is 20. The fourth-order valence-electron chi connectivity index (χ4n) is 10.3. The van der Waals surface area contributed by atoms with Gasteiger partial charge in [0.1, 0.15) is 53.5 Å². The molecular formula is C57H75ClN14O7. The maximum absolute atomic E-state index is 14.1. The number of carbonyl (C=O) groups excluding carboxylic acids is 4. The summed E-state index contributed by atoms with van der Waals surface area (Å²) < 4.78 is 20.1. The smallest absolute Gasteiger partial charge is 0.410 e. The number of likely N-dealkylation sites (N-methyl/N-ethyl adjacent to an activating group) is 1. The van der Waals surface area contributed by atoms with Crippen molar-refractivity contribution in [3.8, 4) is 5.75 Å². The number of para-hydroxylation sites is 1. The number of carbonyl (C=O) groups is 4. The summed E-state index contributed by atoms with van der Waals surface area (Å²) in [6, 6.07) is 20.6. The number of pyridine rings is 1. The SMILES string of the molecule is CN(C)CCOc1ccccc1Cn1cnc2ccc(C(=O)N3CCC(OCCN(CC(=O)N4CCN(CC[C@H](NC(=O)C5(N)CCN(c6ncnc7[nH]ccc67)CC5)c5ccc(Cl)cc5)CC4)C(=O)OC(C)(C)C)CC3)nc21. The van der Waals surface area contributed by atoms with Crippen LogP contribution in [0.3, 0.4) is 0 Å². The van der Waals surface area contributed by atoms with Crippen molar-refractivity contribution in [2.45, 2.75) is 82.7 Å². The van der Waals surface area contributed by atoms with E-state index in [9.17, 15) is 19.2 Å². The number of fused-ring (bicyclic) bond motifs is 2. The molecule has 0 unspecified atom stereocenters. The Morgan fingerprint density at radius 2 is 1.62 bits per heavy atom. The van der Waals surface area contributed by atoms with Crippen LogP contribution in [0, 0.1) is 0 Å². The number of hydrogen-bond donors (Lipinski definition) is 3. The number of aromatic nitrogens is 6. The van der Waals surface area contributed by atoms with Crippen LogP contribution in [0.15, 0.2) is 85.6 Å². The molecule has 7 heterocycles. The van der Waals surface area contributed by atoms with E-state index < -0.39 is 17.2 Å². The van der Waals surface area contributed by atoms with Crippen LogP contribution < -0.4 is 20.7 Å². The number of ether oxygens (including phenoxy) is 3. The maximum atomic E-state index is 14.1. The lowest BCUT2D eigenvalue weighted by Crippen LogP contribution is -2.60. The number of aromatic amines is 1. The third kappa shape index (κ3) is 14.7. The summed E-state index contributed by atoms with van der Waals surface area (Å²) >= 11 is 6.29. The molecule has 9 rings (SSSR count). The van der Waals surface area contributed by atoms with Gasteiger partial charge in [0.2, 0.25) is 11.8 Å². The van der Waals surface area contributed by atoms with E-state index in [4.69, 9.17) is 36.5 Å². The van der Waals surface area contributed by atoms with Gasteiger partial charge in [-0.15, -0.1) is 0 Å². The fourth-order valence-corrected chi connectivity index (χ4v) is 10.4. The summed E-state index contributed by atoms with van der Waals surface area (Å²) in [5.41, 5.74) is 9.40. The molecule has 4 aromatic heterocycles. The lowest BCUT2D eigenvalue weighted by Gasteiger charge is -2.40. The molecule has 3 aliphatic heterocycles. The number of nitrogens with two attached hydrogens (primary N) is 1. The first-order valence-corrected chi connectivity index (χ1v) is 27.8. The number of nitrogens with one attached hydrogen (secondary N) is 2. The molecule has 0 spiro atoms. The molecule has 79 heavy (non-hydrogen) atoms. The Morgan fingerprint density at radius 1 is 0.873 bits per heavy atom. The van der Waals surface area contributed by atoms with Crippen LogP contribution in [-0.2, 0) is 25.6 Å². The second-order valence-electron chi connectivity index (χ2n) is 22.1. The van der Waals surface area contributed by atoms with Gasteiger partial charge in [-0.1, -0.05) is 41.9 Å². The van der Waals surface area contributed by atoms with Crippen molar-refractivity contribution in [2.24, 2.45) is 5.73 Å². The van der Waals surface area contributed by atoms with Gasteiger partial charge in [0.05, 0.1) is 42.5 Å². The van der Waals surface area contributed by atoms with E-state index >= 15 is 0 Å². The second kappa shape index (κ2) is 25.5. The van der Waals surface area contributed by atoms with Crippen LogP contribution in [0.25, 0.3) is 22.2 Å². The normalized spacial score (nSPS) is 16.8. The topological polar surface area (TPSA) is 226 Å². The van der Waals surface area contributed by atoms with Gasteiger partial charge in [-0.25, -0.2) is 24.7 Å². The molecule has 0 radical (unpaired) electrons. The first-order chi connectivity index (χ1) is 38.0. The van der Waals surface area contributed by atoms with Crippen molar-refractivity contribution in [3.63, 3.8) is 0 Å². The molecule has 4 N–H and O–H groups in total. The van der Waals surface area contributed by atoms with Crippen LogP contribution in [0.1, 0.15) is 80.5 Å². The Bertz CT molecular complexity index is 3030. The molecule has 3 fully saturated rings. The Balaban J connectivity index is 0.734. The molecule has 6 aromatic rings. The minimum absolute atomic E-state index is 0.139. The molecule has 0 bridgehead atoms. The Hall–Kier alpha value is -6.91. The zero-order chi connectivity index (χ0) is 55.7. The van der Waals surface area contributed by atoms with Crippen LogP contribution in [0.2, 0.25) is 5.02 Å². The van der Waals surface area contributed by atoms with E-state index in [-0.39, 0.29) is 49.6 Å². The van der Waals surface area contributed by atoms with Crippen molar-refractivity contribution in [1.82, 2.24) is 59.3 Å². The van der Waals surface area contributed by atoms with E-state index in [2.05, 4.69) is 40.0 Å².